The van der Waals surface area contributed by atoms with Crippen LogP contribution in [0, 0.1) is 0 Å². The van der Waals surface area contributed by atoms with Crippen LogP contribution in [-0.4, -0.2) is 266 Å². The first-order chi connectivity index (χ1) is 33.4. The molecule has 77 heavy (non-hydrogen) atoms. The maximum absolute atomic E-state index is 9.96. The molecular formula is C22H67Cl3FN11O30S10. The van der Waals surface area contributed by atoms with Crippen molar-refractivity contribution in [2.24, 2.45) is 21.5 Å². The maximum atomic E-state index is 9.96. The molecule has 18 N–H and O–H groups in total. The molecular weight excluding hydrogens is 1340 g/mol. The van der Waals surface area contributed by atoms with Gasteiger partial charge < -0.3 is 27.4 Å². The second-order valence-corrected chi connectivity index (χ2v) is 26.4. The van der Waals surface area contributed by atoms with Crippen LogP contribution in [0.1, 0.15) is 1.37 Å². The Morgan fingerprint density at radius 1 is 0.416 bits per heavy atom. The summed E-state index contributed by atoms with van der Waals surface area (Å²) in [5.74, 6) is 0.906. The molecule has 0 radical (unpaired) electrons. The smallest absolute Gasteiger partial charge is 0.261 e. The first-order valence-corrected chi connectivity index (χ1v) is 35.9. The van der Waals surface area contributed by atoms with Crippen LogP contribution in [0.2, 0.25) is 5.28 Å². The first kappa shape index (κ1) is 103. The molecule has 1 aliphatic heterocycles. The van der Waals surface area contributed by atoms with Crippen LogP contribution >= 0.6 is 34.8 Å². The standard InChI is InChI=1S/C5H8ClN5.C4H6Cl2N4.CH3F.2CH5N.10CH4O3S/c1-7-4-9-3(6)10-5(8-2)11-4;1-7-4-9-2(5)8-3(6)10-4;3*1-2;10*1-5(2,3)4/h1-2H3,(H2,7,8,9,10,11);4,7H,1H3,(H,8,9,10);1H3;2*2H2,1H3;10*1H3,(H,2,3,4)/i;;1D;;;;;;;;;;;;. The summed E-state index contributed by atoms with van der Waals surface area (Å²) >= 11 is 16.6. The second kappa shape index (κ2) is 54.1. The van der Waals surface area contributed by atoms with Gasteiger partial charge in [0, 0.05) is 14.1 Å². The zero-order chi connectivity index (χ0) is 67.5. The van der Waals surface area contributed by atoms with Gasteiger partial charge in [-0.05, 0) is 55.9 Å². The summed E-state index contributed by atoms with van der Waals surface area (Å²) in [5, 5.41) is 11.5. The van der Waals surface area contributed by atoms with Gasteiger partial charge in [0.25, 0.3) is 101 Å². The highest BCUT2D eigenvalue weighted by molar-refractivity contribution is 7.87. The Morgan fingerprint density at radius 2 is 0.545 bits per heavy atom. The van der Waals surface area contributed by atoms with Crippen molar-refractivity contribution in [3.05, 3.63) is 5.28 Å². The Kier molecular flexibility index (Phi) is 72.5. The van der Waals surface area contributed by atoms with Gasteiger partial charge in [-0.1, -0.05) is 0 Å². The van der Waals surface area contributed by atoms with E-state index in [1.165, 1.54) is 14.1 Å². The predicted octanol–water partition coefficient (Wildman–Crippen LogP) is -4.33. The molecule has 1 aromatic rings. The molecule has 2 rings (SSSR count). The van der Waals surface area contributed by atoms with Crippen LogP contribution in [0.4, 0.5) is 16.3 Å². The predicted molar refractivity (Wildman–Crippen MR) is 288 cm³/mol. The number of nitrogens with two attached hydrogens (primary N) is 2. The van der Waals surface area contributed by atoms with Crippen molar-refractivity contribution in [2.45, 2.75) is 6.29 Å². The van der Waals surface area contributed by atoms with Crippen molar-refractivity contribution < 1.29 is 135 Å². The van der Waals surface area contributed by atoms with Crippen LogP contribution in [0.15, 0.2) is 9.98 Å². The van der Waals surface area contributed by atoms with Gasteiger partial charge in [-0.25, -0.2) is 9.98 Å². The van der Waals surface area contributed by atoms with Gasteiger partial charge in [0.2, 0.25) is 27.8 Å². The topological polar surface area (TPSA) is 707 Å². The van der Waals surface area contributed by atoms with E-state index >= 15 is 0 Å². The summed E-state index contributed by atoms with van der Waals surface area (Å²) in [4.78, 5) is 19.2. The van der Waals surface area contributed by atoms with Crippen molar-refractivity contribution in [1.82, 2.24) is 25.6 Å². The highest BCUT2D eigenvalue weighted by atomic mass is 35.5. The number of nitrogens with zero attached hydrogens (tertiary/aromatic N) is 5. The maximum Gasteiger partial charge on any atom is 0.261 e. The SMILES string of the molecule is CN.CN.CNC1N=C(Cl)NC(Cl)=N1.CNc1nc(Cl)nc(NC)n1.CS(=O)(=O)O.CS(=O)(=O)O.CS(=O)(=O)O.CS(=O)(=O)O.CS(=O)(=O)O.CS(=O)(=O)O.CS(=O)(=O)O.CS(=O)(=O)O.CS(=O)(=O)O.CS(=O)(=O)O.[2H]CF. The van der Waals surface area contributed by atoms with Gasteiger partial charge >= 0.3 is 0 Å². The highest BCUT2D eigenvalue weighted by Crippen LogP contribution is 2.07. The molecule has 2 heterocycles. The van der Waals surface area contributed by atoms with Gasteiger partial charge in [-0.15, -0.1) is 0 Å². The Hall–Kier alpha value is -2.47. The fourth-order valence-electron chi connectivity index (χ4n) is 1.10. The molecule has 478 valence electrons. The van der Waals surface area contributed by atoms with E-state index in [1.807, 2.05) is 0 Å². The summed E-state index contributed by atoms with van der Waals surface area (Å²) < 4.78 is 274. The van der Waals surface area contributed by atoms with E-state index in [0.717, 1.165) is 0 Å². The lowest BCUT2D eigenvalue weighted by Gasteiger charge is -2.13. The number of amidine groups is 2. The molecule has 1 aromatic heterocycles. The molecule has 0 bridgehead atoms. The molecule has 0 atom stereocenters. The molecule has 0 aliphatic carbocycles. The van der Waals surface area contributed by atoms with Crippen LogP contribution in [-0.2, 0) is 101 Å². The van der Waals surface area contributed by atoms with Gasteiger partial charge in [0.15, 0.2) is 6.29 Å². The van der Waals surface area contributed by atoms with E-state index in [1.54, 1.807) is 21.1 Å². The average Bonchev–Trinajstić information content (AvgIpc) is 3.06. The first-order valence-electron chi connectivity index (χ1n) is 17.0. The summed E-state index contributed by atoms with van der Waals surface area (Å²) in [6, 6.07) is 0. The Morgan fingerprint density at radius 3 is 0.649 bits per heavy atom. The lowest BCUT2D eigenvalue weighted by Crippen LogP contribution is -2.34. The number of aliphatic imine (C=N–C) groups is 2. The Bertz CT molecular complexity index is 2300. The molecule has 41 nitrogen and oxygen atoms in total. The van der Waals surface area contributed by atoms with Crippen molar-refractivity contribution in [3.8, 4) is 0 Å². The summed E-state index contributed by atoms with van der Waals surface area (Å²) in [7, 11) is -29.5. The highest BCUT2D eigenvalue weighted by Gasteiger charge is 2.10. The molecule has 0 spiro atoms. The van der Waals surface area contributed by atoms with Crippen molar-refractivity contribution in [2.75, 3.05) is 116 Å². The van der Waals surface area contributed by atoms with Gasteiger partial charge in [-0.3, -0.25) is 55.2 Å². The molecule has 0 amide bonds. The van der Waals surface area contributed by atoms with E-state index in [-0.39, 0.29) is 22.2 Å². The van der Waals surface area contributed by atoms with Crippen LogP contribution < -0.4 is 32.7 Å². The molecule has 0 saturated heterocycles. The molecule has 0 unspecified atom stereocenters. The summed E-state index contributed by atoms with van der Waals surface area (Å²) in [6.45, 7) is 0. The number of hydrogen-bond acceptors (Lipinski definition) is 31. The lowest BCUT2D eigenvalue weighted by atomic mass is 10.8. The van der Waals surface area contributed by atoms with Crippen LogP contribution in [0.25, 0.3) is 0 Å². The third-order valence-corrected chi connectivity index (χ3v) is 2.54. The minimum Gasteiger partial charge on any atom is -0.357 e. The molecule has 0 fully saturated rings. The van der Waals surface area contributed by atoms with Gasteiger partial charge in [-0.2, -0.15) is 99.1 Å². The number of hydrogen-bond donors (Lipinski definition) is 16. The van der Waals surface area contributed by atoms with Crippen LogP contribution in [0.5, 0.6) is 0 Å². The van der Waals surface area contributed by atoms with E-state index in [0.29, 0.717) is 74.5 Å². The third-order valence-electron chi connectivity index (χ3n) is 1.99. The third kappa shape index (κ3) is 496. The van der Waals surface area contributed by atoms with Gasteiger partial charge in [0.1, 0.15) is 0 Å². The fourth-order valence-corrected chi connectivity index (χ4v) is 1.67. The lowest BCUT2D eigenvalue weighted by molar-refractivity contribution is 0.488. The Balaban J connectivity index is -0.0000000539. The van der Waals surface area contributed by atoms with Crippen molar-refractivity contribution in [1.29, 1.82) is 0 Å². The minimum atomic E-state index is -3.67. The van der Waals surface area contributed by atoms with Crippen molar-refractivity contribution in [3.63, 3.8) is 0 Å². The number of halogens is 4. The Labute approximate surface area is 465 Å². The second-order valence-electron chi connectivity index (χ2n) is 10.7. The number of rotatable bonds is 3. The van der Waals surface area contributed by atoms with E-state index in [4.69, 9.17) is 81.7 Å². The minimum absolute atomic E-state index is 0.175. The average molecular weight is 1410 g/mol. The fraction of sp³-hybridized carbons (Fsp3) is 0.773. The summed E-state index contributed by atoms with van der Waals surface area (Å²) in [5.41, 5.74) is 9.00. The molecule has 1 aliphatic rings. The number of nitrogens with one attached hydrogen (secondary N) is 4. The van der Waals surface area contributed by atoms with E-state index in [2.05, 4.69) is 57.7 Å². The normalized spacial score (nSPS) is 11.8. The van der Waals surface area contributed by atoms with Crippen molar-refractivity contribution >= 4 is 158 Å². The largest absolute Gasteiger partial charge is 0.357 e. The van der Waals surface area contributed by atoms with Crippen LogP contribution in [0.3, 0.4) is 0 Å². The zero-order valence-electron chi connectivity index (χ0n) is 43.4. The number of alkyl halides is 1. The molecule has 0 aromatic carbocycles. The molecule has 0 saturated carbocycles. The summed E-state index contributed by atoms with van der Waals surface area (Å²) in [6.07, 6.45) is 6.79. The zero-order valence-corrected chi connectivity index (χ0v) is 52.8. The molecule has 55 heteroatoms. The quantitative estimate of drug-likeness (QED) is 0.100. The van der Waals surface area contributed by atoms with Gasteiger partial charge in [0.05, 0.1) is 71.1 Å². The van der Waals surface area contributed by atoms with E-state index in [9.17, 15) is 88.6 Å². The number of anilines is 2. The van der Waals surface area contributed by atoms with E-state index < -0.39 is 108 Å². The number of aromatic nitrogens is 3. The monoisotopic (exact) mass is 1410 g/mol.